The predicted molar refractivity (Wildman–Crippen MR) is 60.7 cm³/mol. The van der Waals surface area contributed by atoms with Crippen molar-refractivity contribution in [2.24, 2.45) is 0 Å². The van der Waals surface area contributed by atoms with Gasteiger partial charge in [0.2, 0.25) is 0 Å². The van der Waals surface area contributed by atoms with Crippen molar-refractivity contribution >= 4 is 28.8 Å². The lowest BCUT2D eigenvalue weighted by atomic mass is 10.3. The lowest BCUT2D eigenvalue weighted by molar-refractivity contribution is -0.136. The second-order valence-electron chi connectivity index (χ2n) is 3.34. The van der Waals surface area contributed by atoms with Gasteiger partial charge in [0.25, 0.3) is 0 Å². The van der Waals surface area contributed by atoms with Crippen LogP contribution in [0.1, 0.15) is 6.92 Å². The number of fused-ring (bicyclic) bond motifs is 1. The van der Waals surface area contributed by atoms with Crippen molar-refractivity contribution in [2.75, 3.05) is 0 Å². The first-order chi connectivity index (χ1) is 7.56. The number of hydrogen-bond acceptors (Lipinski definition) is 4. The Kier molecular flexibility index (Phi) is 2.74. The highest BCUT2D eigenvalue weighted by atomic mass is 32.2. The third-order valence-electron chi connectivity index (χ3n) is 2.08. The zero-order valence-corrected chi connectivity index (χ0v) is 9.28. The number of phenols is 1. The molecule has 1 unspecified atom stereocenters. The molecule has 6 heteroatoms. The van der Waals surface area contributed by atoms with Crippen LogP contribution < -0.4 is 0 Å². The van der Waals surface area contributed by atoms with Crippen LogP contribution in [-0.4, -0.2) is 31.4 Å². The molecule has 0 aliphatic rings. The van der Waals surface area contributed by atoms with E-state index in [0.29, 0.717) is 16.2 Å². The van der Waals surface area contributed by atoms with Gasteiger partial charge >= 0.3 is 5.97 Å². The van der Waals surface area contributed by atoms with E-state index >= 15 is 0 Å². The lowest BCUT2D eigenvalue weighted by Crippen LogP contribution is -2.11. The molecule has 1 atom stereocenters. The molecule has 5 nitrogen and oxygen atoms in total. The maximum Gasteiger partial charge on any atom is 0.316 e. The van der Waals surface area contributed by atoms with Crippen LogP contribution >= 0.6 is 11.8 Å². The first-order valence-electron chi connectivity index (χ1n) is 4.64. The van der Waals surface area contributed by atoms with Gasteiger partial charge in [-0.2, -0.15) is 0 Å². The van der Waals surface area contributed by atoms with Gasteiger partial charge in [-0.05, 0) is 19.1 Å². The van der Waals surface area contributed by atoms with E-state index in [2.05, 4.69) is 9.97 Å². The minimum atomic E-state index is -0.881. The molecule has 0 fully saturated rings. The van der Waals surface area contributed by atoms with E-state index in [1.54, 1.807) is 19.1 Å². The van der Waals surface area contributed by atoms with E-state index in [1.807, 2.05) is 0 Å². The Balaban J connectivity index is 2.29. The summed E-state index contributed by atoms with van der Waals surface area (Å²) in [5.74, 6) is -0.729. The molecule has 0 spiro atoms. The molecular weight excluding hydrogens is 228 g/mol. The lowest BCUT2D eigenvalue weighted by Gasteiger charge is -2.00. The Hall–Kier alpha value is -1.69. The highest BCUT2D eigenvalue weighted by Gasteiger charge is 2.14. The Morgan fingerprint density at radius 1 is 1.56 bits per heavy atom. The van der Waals surface area contributed by atoms with Crippen molar-refractivity contribution in [3.05, 3.63) is 18.2 Å². The van der Waals surface area contributed by atoms with Crippen molar-refractivity contribution in [3.63, 3.8) is 0 Å². The Labute approximate surface area is 95.5 Å². The number of benzene rings is 1. The standard InChI is InChI=1S/C10H10N2O3S/c1-5(9(14)15)16-10-11-7-3-2-6(13)4-8(7)12-10/h2-5,13H,1H3,(H,11,12)(H,14,15). The molecule has 0 bridgehead atoms. The normalized spacial score (nSPS) is 12.8. The zero-order chi connectivity index (χ0) is 11.7. The maximum absolute atomic E-state index is 10.7. The summed E-state index contributed by atoms with van der Waals surface area (Å²) in [6, 6.07) is 4.77. The number of rotatable bonds is 3. The molecule has 2 rings (SSSR count). The number of imidazole rings is 1. The van der Waals surface area contributed by atoms with Crippen molar-refractivity contribution in [2.45, 2.75) is 17.3 Å². The van der Waals surface area contributed by atoms with Crippen LogP contribution in [0.25, 0.3) is 11.0 Å². The number of carboxylic acid groups (broad SMARTS) is 1. The average Bonchev–Trinajstić information content (AvgIpc) is 2.58. The van der Waals surface area contributed by atoms with E-state index in [1.165, 1.54) is 6.07 Å². The number of thioether (sulfide) groups is 1. The van der Waals surface area contributed by atoms with Gasteiger partial charge in [-0.15, -0.1) is 0 Å². The Morgan fingerprint density at radius 2 is 2.31 bits per heavy atom. The molecule has 0 amide bonds. The summed E-state index contributed by atoms with van der Waals surface area (Å²) in [5.41, 5.74) is 1.40. The average molecular weight is 238 g/mol. The fraction of sp³-hybridized carbons (Fsp3) is 0.200. The topological polar surface area (TPSA) is 86.2 Å². The molecule has 1 aromatic carbocycles. The third kappa shape index (κ3) is 2.11. The quantitative estimate of drug-likeness (QED) is 0.710. The molecule has 3 N–H and O–H groups in total. The number of nitrogens with one attached hydrogen (secondary N) is 1. The molecule has 0 aliphatic heterocycles. The minimum absolute atomic E-state index is 0.152. The minimum Gasteiger partial charge on any atom is -0.508 e. The summed E-state index contributed by atoms with van der Waals surface area (Å²) in [6.45, 7) is 1.59. The largest absolute Gasteiger partial charge is 0.508 e. The monoisotopic (exact) mass is 238 g/mol. The summed E-state index contributed by atoms with van der Waals surface area (Å²) in [6.07, 6.45) is 0. The van der Waals surface area contributed by atoms with Crippen molar-refractivity contribution in [1.82, 2.24) is 9.97 Å². The van der Waals surface area contributed by atoms with Crippen LogP contribution in [0.5, 0.6) is 5.75 Å². The van der Waals surface area contributed by atoms with Crippen LogP contribution in [0.4, 0.5) is 0 Å². The van der Waals surface area contributed by atoms with Gasteiger partial charge < -0.3 is 15.2 Å². The molecule has 16 heavy (non-hydrogen) atoms. The van der Waals surface area contributed by atoms with E-state index in [0.717, 1.165) is 11.8 Å². The van der Waals surface area contributed by atoms with Crippen LogP contribution in [-0.2, 0) is 4.79 Å². The van der Waals surface area contributed by atoms with Crippen molar-refractivity contribution in [3.8, 4) is 5.75 Å². The molecule has 1 aromatic heterocycles. The molecule has 84 valence electrons. The number of nitrogens with zero attached hydrogens (tertiary/aromatic N) is 1. The number of carboxylic acids is 1. The fourth-order valence-electron chi connectivity index (χ4n) is 1.25. The summed E-state index contributed by atoms with van der Waals surface area (Å²) >= 11 is 1.14. The number of aromatic hydroxyl groups is 1. The first-order valence-corrected chi connectivity index (χ1v) is 5.52. The number of phenolic OH excluding ortho intramolecular Hbond substituents is 1. The number of aliphatic carboxylic acids is 1. The van der Waals surface area contributed by atoms with E-state index in [-0.39, 0.29) is 5.75 Å². The Morgan fingerprint density at radius 3 is 3.00 bits per heavy atom. The SMILES string of the molecule is CC(Sc1nc2ccc(O)cc2[nH]1)C(=O)O. The summed E-state index contributed by atoms with van der Waals surface area (Å²) < 4.78 is 0. The third-order valence-corrected chi connectivity index (χ3v) is 3.05. The van der Waals surface area contributed by atoms with Gasteiger partial charge in [0.05, 0.1) is 11.0 Å². The second-order valence-corrected chi connectivity index (χ2v) is 4.67. The number of aromatic amines is 1. The first kappa shape index (κ1) is 10.8. The van der Waals surface area contributed by atoms with Gasteiger partial charge in [0, 0.05) is 6.07 Å². The van der Waals surface area contributed by atoms with Gasteiger partial charge in [-0.1, -0.05) is 11.8 Å². The number of hydrogen-bond donors (Lipinski definition) is 3. The highest BCUT2D eigenvalue weighted by molar-refractivity contribution is 8.00. The van der Waals surface area contributed by atoms with E-state index in [4.69, 9.17) is 5.11 Å². The maximum atomic E-state index is 10.7. The molecule has 0 radical (unpaired) electrons. The van der Waals surface area contributed by atoms with Crippen molar-refractivity contribution in [1.29, 1.82) is 0 Å². The number of carbonyl (C=O) groups is 1. The number of aromatic nitrogens is 2. The molecule has 1 heterocycles. The fourth-order valence-corrected chi connectivity index (χ4v) is 2.00. The van der Waals surface area contributed by atoms with Gasteiger partial charge in [-0.25, -0.2) is 4.98 Å². The van der Waals surface area contributed by atoms with Crippen LogP contribution in [0.15, 0.2) is 23.4 Å². The predicted octanol–water partition coefficient (Wildman–Crippen LogP) is 1.83. The van der Waals surface area contributed by atoms with Crippen molar-refractivity contribution < 1.29 is 15.0 Å². The van der Waals surface area contributed by atoms with Crippen LogP contribution in [0, 0.1) is 0 Å². The smallest absolute Gasteiger partial charge is 0.316 e. The van der Waals surface area contributed by atoms with Gasteiger partial charge in [0.1, 0.15) is 11.0 Å². The van der Waals surface area contributed by atoms with Gasteiger partial charge in [0.15, 0.2) is 5.16 Å². The van der Waals surface area contributed by atoms with Crippen LogP contribution in [0.2, 0.25) is 0 Å². The highest BCUT2D eigenvalue weighted by Crippen LogP contribution is 2.25. The van der Waals surface area contributed by atoms with Crippen LogP contribution in [0.3, 0.4) is 0 Å². The summed E-state index contributed by atoms with van der Waals surface area (Å²) in [5, 5.41) is 18.0. The number of H-pyrrole nitrogens is 1. The summed E-state index contributed by atoms with van der Waals surface area (Å²) in [7, 11) is 0. The second kappa shape index (κ2) is 4.05. The molecule has 2 aromatic rings. The molecular formula is C10H10N2O3S. The van der Waals surface area contributed by atoms with E-state index in [9.17, 15) is 9.90 Å². The molecule has 0 saturated carbocycles. The van der Waals surface area contributed by atoms with Gasteiger partial charge in [-0.3, -0.25) is 4.79 Å². The Bertz CT molecular complexity index is 538. The zero-order valence-electron chi connectivity index (χ0n) is 8.47. The van der Waals surface area contributed by atoms with E-state index < -0.39 is 11.2 Å². The molecule has 0 aliphatic carbocycles. The summed E-state index contributed by atoms with van der Waals surface area (Å²) in [4.78, 5) is 17.8. The molecule has 0 saturated heterocycles.